The molecule has 1 unspecified atom stereocenters. The fraction of sp³-hybridized carbons (Fsp3) is 0.375. The van der Waals surface area contributed by atoms with E-state index in [4.69, 9.17) is 15.2 Å². The number of halogens is 3. The number of alkyl halides is 3. The molecule has 14 heteroatoms. The number of hydrogen-bond donors (Lipinski definition) is 2. The van der Waals surface area contributed by atoms with Crippen molar-refractivity contribution in [3.8, 4) is 17.0 Å². The van der Waals surface area contributed by atoms with E-state index in [0.29, 0.717) is 30.8 Å². The number of aromatic nitrogens is 6. The first-order chi connectivity index (χ1) is 18.2. The molecule has 1 saturated heterocycles. The van der Waals surface area contributed by atoms with E-state index in [1.54, 1.807) is 29.1 Å². The third-order valence-electron chi connectivity index (χ3n) is 6.12. The number of hydrogen-bond acceptors (Lipinski definition) is 8. The Morgan fingerprint density at radius 1 is 1.29 bits per heavy atom. The van der Waals surface area contributed by atoms with Crippen LogP contribution in [0, 0.1) is 0 Å². The molecular weight excluding hydrogens is 505 g/mol. The summed E-state index contributed by atoms with van der Waals surface area (Å²) in [7, 11) is 0. The van der Waals surface area contributed by atoms with Crippen LogP contribution >= 0.6 is 0 Å². The molecule has 5 rings (SSSR count). The van der Waals surface area contributed by atoms with Gasteiger partial charge in [0.2, 0.25) is 11.8 Å². The number of pyridine rings is 2. The summed E-state index contributed by atoms with van der Waals surface area (Å²) in [5.41, 5.74) is 8.65. The molecule has 0 aliphatic carbocycles. The van der Waals surface area contributed by atoms with E-state index in [2.05, 4.69) is 25.5 Å². The average molecular weight is 531 g/mol. The molecule has 0 bridgehead atoms. The van der Waals surface area contributed by atoms with Crippen molar-refractivity contribution in [3.63, 3.8) is 0 Å². The van der Waals surface area contributed by atoms with Crippen molar-refractivity contribution in [2.24, 2.45) is 0 Å². The lowest BCUT2D eigenvalue weighted by Crippen LogP contribution is -2.36. The number of nitrogens with one attached hydrogen (secondary N) is 1. The van der Waals surface area contributed by atoms with Crippen LogP contribution in [0.2, 0.25) is 0 Å². The first-order valence-corrected chi connectivity index (χ1v) is 11.9. The summed E-state index contributed by atoms with van der Waals surface area (Å²) >= 11 is 0. The van der Waals surface area contributed by atoms with Gasteiger partial charge in [-0.05, 0) is 42.2 Å². The van der Waals surface area contributed by atoms with Gasteiger partial charge in [0.15, 0.2) is 12.3 Å². The van der Waals surface area contributed by atoms with Gasteiger partial charge >= 0.3 is 6.18 Å². The standard InChI is InChI=1S/C24H25F3N8O3/c1-2-18(14-3-4-21(29-9-14)38-13-24(25,26)27)34-11-16(10-30-34)15-7-19(22(36)31-17-5-6-37-12-17)35-20(8-15)32-23(28)33-35/h3-4,7-11,17-18H,2,5-6,12-13H2,1H3,(H2,28,33)(H,31,36)/t17-,18?/m0/s1. The Morgan fingerprint density at radius 2 is 2.13 bits per heavy atom. The van der Waals surface area contributed by atoms with E-state index < -0.39 is 12.8 Å². The Kier molecular flexibility index (Phi) is 6.89. The monoisotopic (exact) mass is 530 g/mol. The maximum atomic E-state index is 13.1. The predicted octanol–water partition coefficient (Wildman–Crippen LogP) is 3.03. The largest absolute Gasteiger partial charge is 0.468 e. The van der Waals surface area contributed by atoms with Gasteiger partial charge in [-0.25, -0.2) is 9.50 Å². The molecule has 2 atom stereocenters. The lowest BCUT2D eigenvalue weighted by atomic mass is 10.1. The summed E-state index contributed by atoms with van der Waals surface area (Å²) in [6.45, 7) is 1.59. The van der Waals surface area contributed by atoms with Crippen LogP contribution in [0.25, 0.3) is 16.8 Å². The second kappa shape index (κ2) is 10.3. The van der Waals surface area contributed by atoms with Crippen molar-refractivity contribution in [2.45, 2.75) is 38.0 Å². The highest BCUT2D eigenvalue weighted by Gasteiger charge is 2.29. The Balaban J connectivity index is 1.40. The highest BCUT2D eigenvalue weighted by atomic mass is 19.4. The molecule has 200 valence electrons. The molecule has 1 aliphatic rings. The van der Waals surface area contributed by atoms with Gasteiger partial charge in [0.1, 0.15) is 5.69 Å². The maximum absolute atomic E-state index is 13.1. The fourth-order valence-corrected chi connectivity index (χ4v) is 4.30. The molecule has 1 aliphatic heterocycles. The lowest BCUT2D eigenvalue weighted by Gasteiger charge is -2.16. The molecule has 1 fully saturated rings. The summed E-state index contributed by atoms with van der Waals surface area (Å²) in [6.07, 6.45) is 1.88. The van der Waals surface area contributed by atoms with Crippen LogP contribution in [-0.4, -0.2) is 67.3 Å². The van der Waals surface area contributed by atoms with Crippen molar-refractivity contribution < 1.29 is 27.4 Å². The first kappa shape index (κ1) is 25.4. The SMILES string of the molecule is CCC(c1ccc(OCC(F)(F)F)nc1)n1cc(-c2cc(C(=O)N[C@H]3CCOC3)n3nc(N)nc3c2)cn1. The molecule has 1 amide bonds. The third kappa shape index (κ3) is 5.54. The highest BCUT2D eigenvalue weighted by Crippen LogP contribution is 2.28. The molecule has 3 N–H and O–H groups in total. The number of amides is 1. The second-order valence-corrected chi connectivity index (χ2v) is 8.87. The molecule has 38 heavy (non-hydrogen) atoms. The second-order valence-electron chi connectivity index (χ2n) is 8.87. The van der Waals surface area contributed by atoms with Gasteiger partial charge in [0.05, 0.1) is 24.9 Å². The van der Waals surface area contributed by atoms with Crippen molar-refractivity contribution in [3.05, 3.63) is 54.1 Å². The molecule has 0 aromatic carbocycles. The normalized spacial score (nSPS) is 16.6. The molecule has 0 radical (unpaired) electrons. The predicted molar refractivity (Wildman–Crippen MR) is 130 cm³/mol. The quantitative estimate of drug-likeness (QED) is 0.355. The summed E-state index contributed by atoms with van der Waals surface area (Å²) < 4.78 is 50.4. The van der Waals surface area contributed by atoms with Crippen molar-refractivity contribution in [1.82, 2.24) is 34.7 Å². The van der Waals surface area contributed by atoms with Crippen molar-refractivity contribution in [2.75, 3.05) is 25.6 Å². The smallest absolute Gasteiger partial charge is 0.422 e. The Hall–Kier alpha value is -4.20. The summed E-state index contributed by atoms with van der Waals surface area (Å²) in [5, 5.41) is 11.6. The molecular formula is C24H25F3N8O3. The van der Waals surface area contributed by atoms with E-state index in [1.165, 1.54) is 16.8 Å². The van der Waals surface area contributed by atoms with Gasteiger partial charge in [-0.1, -0.05) is 6.92 Å². The molecule has 0 saturated carbocycles. The number of fused-ring (bicyclic) bond motifs is 1. The Labute approximate surface area is 214 Å². The van der Waals surface area contributed by atoms with Crippen LogP contribution in [0.3, 0.4) is 0 Å². The first-order valence-electron chi connectivity index (χ1n) is 11.9. The summed E-state index contributed by atoms with van der Waals surface area (Å²) in [5.74, 6) is -0.398. The molecule has 4 aromatic heterocycles. The minimum atomic E-state index is -4.44. The number of nitrogen functional groups attached to an aromatic ring is 1. The van der Waals surface area contributed by atoms with Crippen LogP contribution in [0.5, 0.6) is 5.88 Å². The third-order valence-corrected chi connectivity index (χ3v) is 6.12. The van der Waals surface area contributed by atoms with Gasteiger partial charge in [-0.15, -0.1) is 5.10 Å². The Morgan fingerprint density at radius 3 is 2.82 bits per heavy atom. The number of ether oxygens (including phenoxy) is 2. The van der Waals surface area contributed by atoms with Crippen LogP contribution in [-0.2, 0) is 4.74 Å². The molecule has 4 aromatic rings. The summed E-state index contributed by atoms with van der Waals surface area (Å²) in [4.78, 5) is 21.3. The van der Waals surface area contributed by atoms with Gasteiger partial charge in [-0.3, -0.25) is 9.48 Å². The topological polar surface area (TPSA) is 134 Å². The van der Waals surface area contributed by atoms with Crippen LogP contribution < -0.4 is 15.8 Å². The van der Waals surface area contributed by atoms with Gasteiger partial charge in [0, 0.05) is 30.6 Å². The van der Waals surface area contributed by atoms with E-state index in [9.17, 15) is 18.0 Å². The van der Waals surface area contributed by atoms with Crippen molar-refractivity contribution >= 4 is 17.5 Å². The number of carbonyl (C=O) groups excluding carboxylic acids is 1. The Bertz CT molecular complexity index is 1430. The van der Waals surface area contributed by atoms with Gasteiger partial charge in [-0.2, -0.15) is 23.3 Å². The van der Waals surface area contributed by atoms with Crippen LogP contribution in [0.1, 0.15) is 41.9 Å². The number of nitrogens with two attached hydrogens (primary N) is 1. The van der Waals surface area contributed by atoms with Crippen LogP contribution in [0.4, 0.5) is 19.1 Å². The van der Waals surface area contributed by atoms with Crippen LogP contribution in [0.15, 0.2) is 42.9 Å². The molecule has 11 nitrogen and oxygen atoms in total. The highest BCUT2D eigenvalue weighted by molar-refractivity contribution is 5.95. The molecule has 0 spiro atoms. The fourth-order valence-electron chi connectivity index (χ4n) is 4.30. The van der Waals surface area contributed by atoms with E-state index in [0.717, 1.165) is 17.5 Å². The zero-order chi connectivity index (χ0) is 26.9. The average Bonchev–Trinajstić information content (AvgIpc) is 3.64. The van der Waals surface area contributed by atoms with E-state index in [-0.39, 0.29) is 35.5 Å². The van der Waals surface area contributed by atoms with E-state index >= 15 is 0 Å². The number of nitrogens with zero attached hydrogens (tertiary/aromatic N) is 6. The molecule has 5 heterocycles. The van der Waals surface area contributed by atoms with E-state index in [1.807, 2.05) is 13.1 Å². The minimum absolute atomic E-state index is 0.0392. The summed E-state index contributed by atoms with van der Waals surface area (Å²) in [6, 6.07) is 6.20. The number of carbonyl (C=O) groups is 1. The number of anilines is 1. The zero-order valence-corrected chi connectivity index (χ0v) is 20.4. The minimum Gasteiger partial charge on any atom is -0.468 e. The van der Waals surface area contributed by atoms with Crippen molar-refractivity contribution in [1.29, 1.82) is 0 Å². The van der Waals surface area contributed by atoms with Gasteiger partial charge < -0.3 is 20.5 Å². The maximum Gasteiger partial charge on any atom is 0.422 e. The number of rotatable bonds is 8. The lowest BCUT2D eigenvalue weighted by molar-refractivity contribution is -0.154. The van der Waals surface area contributed by atoms with Gasteiger partial charge in [0.25, 0.3) is 5.91 Å². The zero-order valence-electron chi connectivity index (χ0n) is 20.4.